The fourth-order valence-corrected chi connectivity index (χ4v) is 1.72. The Morgan fingerprint density at radius 3 is 2.52 bits per heavy atom. The van der Waals surface area contributed by atoms with Crippen molar-refractivity contribution in [3.05, 3.63) is 29.2 Å². The monoisotopic (exact) mass is 308 g/mol. The van der Waals surface area contributed by atoms with Crippen LogP contribution in [0.1, 0.15) is 18.9 Å². The summed E-state index contributed by atoms with van der Waals surface area (Å²) in [5.41, 5.74) is 0.982. The lowest BCUT2D eigenvalue weighted by atomic mass is 10.3. The summed E-state index contributed by atoms with van der Waals surface area (Å²) in [5, 5.41) is 6.31. The Hall–Kier alpha value is -2.15. The predicted octanol–water partition coefficient (Wildman–Crippen LogP) is 2.36. The van der Waals surface area contributed by atoms with Crippen LogP contribution in [0.2, 0.25) is 5.28 Å². The van der Waals surface area contributed by atoms with Crippen LogP contribution >= 0.6 is 11.6 Å². The summed E-state index contributed by atoms with van der Waals surface area (Å²) in [6.45, 7) is 3.37. The molecule has 7 nitrogen and oxygen atoms in total. The molecule has 2 rings (SSSR count). The van der Waals surface area contributed by atoms with E-state index in [1.165, 1.54) is 0 Å². The first-order valence-electron chi connectivity index (χ1n) is 6.59. The normalized spacial score (nSPS) is 10.2. The first-order valence-corrected chi connectivity index (χ1v) is 6.97. The van der Waals surface area contributed by atoms with Crippen LogP contribution in [-0.2, 0) is 6.54 Å². The summed E-state index contributed by atoms with van der Waals surface area (Å²) in [4.78, 5) is 16.4. The number of methoxy groups -OCH3 is 1. The van der Waals surface area contributed by atoms with Crippen LogP contribution < -0.4 is 15.4 Å². The number of hydrogen-bond donors (Lipinski definition) is 2. The van der Waals surface area contributed by atoms with Gasteiger partial charge >= 0.3 is 0 Å². The zero-order valence-corrected chi connectivity index (χ0v) is 12.7. The minimum Gasteiger partial charge on any atom is -0.481 e. The molecule has 0 bridgehead atoms. The van der Waals surface area contributed by atoms with Gasteiger partial charge in [0.15, 0.2) is 0 Å². The van der Waals surface area contributed by atoms with Gasteiger partial charge in [-0.1, -0.05) is 13.0 Å². The van der Waals surface area contributed by atoms with E-state index in [4.69, 9.17) is 16.3 Å². The summed E-state index contributed by atoms with van der Waals surface area (Å²) in [7, 11) is 1.58. The molecule has 0 saturated heterocycles. The molecule has 8 heteroatoms. The van der Waals surface area contributed by atoms with Crippen molar-refractivity contribution in [1.82, 2.24) is 19.9 Å². The Morgan fingerprint density at radius 2 is 1.90 bits per heavy atom. The molecule has 0 saturated carbocycles. The summed E-state index contributed by atoms with van der Waals surface area (Å²) in [6, 6.07) is 3.71. The molecular formula is C13H17ClN6O. The predicted molar refractivity (Wildman–Crippen MR) is 81.7 cm³/mol. The molecule has 0 aliphatic rings. The SMILES string of the molecule is CCCNc1nc(Cl)nc(NCc2ccc(OC)nc2)n1. The Bertz CT molecular complexity index is 577. The molecule has 0 aliphatic heterocycles. The third kappa shape index (κ3) is 4.71. The van der Waals surface area contributed by atoms with Crippen molar-refractivity contribution >= 4 is 23.5 Å². The van der Waals surface area contributed by atoms with Crippen LogP contribution in [-0.4, -0.2) is 33.6 Å². The van der Waals surface area contributed by atoms with E-state index in [0.29, 0.717) is 24.3 Å². The van der Waals surface area contributed by atoms with Crippen molar-refractivity contribution in [3.8, 4) is 5.88 Å². The van der Waals surface area contributed by atoms with Crippen LogP contribution in [0.4, 0.5) is 11.9 Å². The minimum atomic E-state index is 0.152. The van der Waals surface area contributed by atoms with E-state index >= 15 is 0 Å². The lowest BCUT2D eigenvalue weighted by molar-refractivity contribution is 0.397. The van der Waals surface area contributed by atoms with Crippen molar-refractivity contribution < 1.29 is 4.74 Å². The van der Waals surface area contributed by atoms with E-state index in [1.54, 1.807) is 19.4 Å². The van der Waals surface area contributed by atoms with Crippen LogP contribution in [0.25, 0.3) is 0 Å². The summed E-state index contributed by atoms with van der Waals surface area (Å²) in [6.07, 6.45) is 2.70. The number of halogens is 1. The molecule has 0 amide bonds. The van der Waals surface area contributed by atoms with Gasteiger partial charge < -0.3 is 15.4 Å². The van der Waals surface area contributed by atoms with Crippen LogP contribution in [0.3, 0.4) is 0 Å². The first kappa shape index (κ1) is 15.2. The Labute approximate surface area is 128 Å². The average molecular weight is 309 g/mol. The molecule has 0 unspecified atom stereocenters. The lowest BCUT2D eigenvalue weighted by Crippen LogP contribution is -2.09. The number of aromatic nitrogens is 4. The third-order valence-corrected chi connectivity index (χ3v) is 2.77. The summed E-state index contributed by atoms with van der Waals surface area (Å²) in [5.74, 6) is 1.46. The van der Waals surface area contributed by atoms with Gasteiger partial charge in [-0.15, -0.1) is 0 Å². The quantitative estimate of drug-likeness (QED) is 0.812. The van der Waals surface area contributed by atoms with Gasteiger partial charge in [-0.3, -0.25) is 0 Å². The lowest BCUT2D eigenvalue weighted by Gasteiger charge is -2.08. The highest BCUT2D eigenvalue weighted by Crippen LogP contribution is 2.12. The smallest absolute Gasteiger partial charge is 0.229 e. The zero-order valence-electron chi connectivity index (χ0n) is 11.9. The fourth-order valence-electron chi connectivity index (χ4n) is 1.56. The van der Waals surface area contributed by atoms with Gasteiger partial charge in [0.25, 0.3) is 0 Å². The maximum Gasteiger partial charge on any atom is 0.229 e. The Kier molecular flexibility index (Phi) is 5.51. The Balaban J connectivity index is 1.99. The number of ether oxygens (including phenoxy) is 1. The molecule has 0 aromatic carbocycles. The molecule has 2 heterocycles. The molecule has 0 atom stereocenters. The van der Waals surface area contributed by atoms with Crippen molar-refractivity contribution in [2.75, 3.05) is 24.3 Å². The molecule has 112 valence electrons. The zero-order chi connectivity index (χ0) is 15.1. The van der Waals surface area contributed by atoms with Crippen LogP contribution in [0.5, 0.6) is 5.88 Å². The summed E-state index contributed by atoms with van der Waals surface area (Å²) < 4.78 is 5.01. The largest absolute Gasteiger partial charge is 0.481 e. The number of rotatable bonds is 7. The van der Waals surface area contributed by atoms with Gasteiger partial charge in [-0.05, 0) is 23.6 Å². The maximum atomic E-state index is 5.88. The van der Waals surface area contributed by atoms with E-state index < -0.39 is 0 Å². The molecule has 2 N–H and O–H groups in total. The second-order valence-corrected chi connectivity index (χ2v) is 4.58. The number of nitrogens with zero attached hydrogens (tertiary/aromatic N) is 4. The van der Waals surface area contributed by atoms with Crippen molar-refractivity contribution in [2.24, 2.45) is 0 Å². The number of hydrogen-bond acceptors (Lipinski definition) is 7. The molecule has 0 spiro atoms. The topological polar surface area (TPSA) is 84.9 Å². The highest BCUT2D eigenvalue weighted by Gasteiger charge is 2.04. The molecule has 0 radical (unpaired) electrons. The second kappa shape index (κ2) is 7.58. The van der Waals surface area contributed by atoms with Gasteiger partial charge in [0.2, 0.25) is 23.1 Å². The van der Waals surface area contributed by atoms with E-state index in [2.05, 4.69) is 37.5 Å². The van der Waals surface area contributed by atoms with Gasteiger partial charge in [0.1, 0.15) is 0 Å². The molecule has 0 aliphatic carbocycles. The second-order valence-electron chi connectivity index (χ2n) is 4.24. The Morgan fingerprint density at radius 1 is 1.14 bits per heavy atom. The number of anilines is 2. The van der Waals surface area contributed by atoms with E-state index in [0.717, 1.165) is 18.5 Å². The molecular weight excluding hydrogens is 292 g/mol. The standard InChI is InChI=1S/C13H17ClN6O/c1-3-6-15-12-18-11(14)19-13(20-12)17-8-9-4-5-10(21-2)16-7-9/h4-5,7H,3,6,8H2,1-2H3,(H2,15,17,18,19,20). The van der Waals surface area contributed by atoms with Crippen molar-refractivity contribution in [1.29, 1.82) is 0 Å². The highest BCUT2D eigenvalue weighted by molar-refractivity contribution is 6.28. The first-order chi connectivity index (χ1) is 10.2. The molecule has 21 heavy (non-hydrogen) atoms. The third-order valence-electron chi connectivity index (χ3n) is 2.60. The maximum absolute atomic E-state index is 5.88. The number of pyridine rings is 1. The minimum absolute atomic E-state index is 0.152. The van der Waals surface area contributed by atoms with Crippen LogP contribution in [0.15, 0.2) is 18.3 Å². The fraction of sp³-hybridized carbons (Fsp3) is 0.385. The van der Waals surface area contributed by atoms with Gasteiger partial charge in [0.05, 0.1) is 7.11 Å². The van der Waals surface area contributed by atoms with Gasteiger partial charge in [-0.25, -0.2) is 4.98 Å². The van der Waals surface area contributed by atoms with Gasteiger partial charge in [0, 0.05) is 25.4 Å². The van der Waals surface area contributed by atoms with E-state index in [-0.39, 0.29) is 5.28 Å². The highest BCUT2D eigenvalue weighted by atomic mass is 35.5. The van der Waals surface area contributed by atoms with Gasteiger partial charge in [-0.2, -0.15) is 15.0 Å². The van der Waals surface area contributed by atoms with E-state index in [9.17, 15) is 0 Å². The summed E-state index contributed by atoms with van der Waals surface area (Å²) >= 11 is 5.88. The van der Waals surface area contributed by atoms with Crippen molar-refractivity contribution in [2.45, 2.75) is 19.9 Å². The average Bonchev–Trinajstić information content (AvgIpc) is 2.51. The van der Waals surface area contributed by atoms with Crippen molar-refractivity contribution in [3.63, 3.8) is 0 Å². The number of nitrogens with one attached hydrogen (secondary N) is 2. The molecule has 2 aromatic heterocycles. The molecule has 0 fully saturated rings. The van der Waals surface area contributed by atoms with E-state index in [1.807, 2.05) is 6.07 Å². The van der Waals surface area contributed by atoms with Crippen LogP contribution in [0, 0.1) is 0 Å². The molecule has 2 aromatic rings.